The lowest BCUT2D eigenvalue weighted by atomic mass is 9.87. The van der Waals surface area contributed by atoms with Crippen molar-refractivity contribution in [3.05, 3.63) is 107 Å². The number of pyridine rings is 1. The molecule has 254 valence electrons. The second-order valence-electron chi connectivity index (χ2n) is 11.9. The quantitative estimate of drug-likeness (QED) is 0.0869. The molecule has 0 radical (unpaired) electrons. The van der Waals surface area contributed by atoms with Crippen molar-refractivity contribution in [3.8, 4) is 5.88 Å². The van der Waals surface area contributed by atoms with Gasteiger partial charge in [-0.2, -0.15) is 13.2 Å². The number of amides is 1. The van der Waals surface area contributed by atoms with Crippen molar-refractivity contribution in [2.45, 2.75) is 44.3 Å². The van der Waals surface area contributed by atoms with E-state index in [-0.39, 0.29) is 33.8 Å². The molecule has 1 saturated carbocycles. The molecule has 7 nitrogen and oxygen atoms in total. The summed E-state index contributed by atoms with van der Waals surface area (Å²) in [6.07, 6.45) is 2.71. The largest absolute Gasteiger partial charge is 0.476 e. The number of carbonyl (C=O) groups excluding carboxylic acids is 1. The van der Waals surface area contributed by atoms with Gasteiger partial charge in [0.25, 0.3) is 0 Å². The topological polar surface area (TPSA) is 89.7 Å². The molecule has 1 saturated heterocycles. The number of aromatic nitrogens is 1. The maximum Gasteiger partial charge on any atom is 0.393 e. The fraction of sp³-hybridized carbons (Fsp3) is 0.351. The van der Waals surface area contributed by atoms with Crippen LogP contribution in [0.25, 0.3) is 17.0 Å². The fourth-order valence-electron chi connectivity index (χ4n) is 5.57. The molecule has 2 heterocycles. The summed E-state index contributed by atoms with van der Waals surface area (Å²) in [5.74, 6) is -0.268. The number of nitrogens with two attached hydrogens (primary N) is 1. The molecule has 3 aromatic rings. The van der Waals surface area contributed by atoms with Gasteiger partial charge in [-0.15, -0.1) is 0 Å². The van der Waals surface area contributed by atoms with Crippen LogP contribution in [0, 0.1) is 0 Å². The van der Waals surface area contributed by atoms with Gasteiger partial charge in [0.2, 0.25) is 11.8 Å². The minimum absolute atomic E-state index is 0.0236. The summed E-state index contributed by atoms with van der Waals surface area (Å²) < 4.78 is 68.6. The summed E-state index contributed by atoms with van der Waals surface area (Å²) in [6.45, 7) is 4.88. The number of rotatable bonds is 13. The molecule has 3 N–H and O–H groups in total. The van der Waals surface area contributed by atoms with Crippen molar-refractivity contribution in [2.24, 2.45) is 0 Å². The van der Waals surface area contributed by atoms with Crippen molar-refractivity contribution >= 4 is 28.6 Å². The minimum Gasteiger partial charge on any atom is -0.476 e. The Hall–Kier alpha value is -4.48. The minimum atomic E-state index is -4.52. The summed E-state index contributed by atoms with van der Waals surface area (Å²) in [4.78, 5) is 18.5. The van der Waals surface area contributed by atoms with E-state index in [2.05, 4.69) is 10.3 Å². The molecule has 2 aromatic carbocycles. The van der Waals surface area contributed by atoms with Gasteiger partial charge >= 0.3 is 6.18 Å². The molecule has 48 heavy (non-hydrogen) atoms. The SMILES string of the molecule is CC/C=C(\F)c1cc(/C(=C(\CC(F)(F)F)c2ccccc2)c2ccc(OCC3(NC/C=C/C(=O)N4CCOCC4)CC3)nc2)ccc1N. The average Bonchev–Trinajstić information content (AvgIpc) is 3.87. The van der Waals surface area contributed by atoms with Gasteiger partial charge in [0.1, 0.15) is 12.4 Å². The van der Waals surface area contributed by atoms with Gasteiger partial charge < -0.3 is 25.4 Å². The molecule has 1 aliphatic heterocycles. The van der Waals surface area contributed by atoms with E-state index in [0.29, 0.717) is 68.4 Å². The number of nitrogens with zero attached hydrogens (tertiary/aromatic N) is 2. The first-order valence-electron chi connectivity index (χ1n) is 16.1. The zero-order chi connectivity index (χ0) is 34.1. The number of anilines is 1. The molecule has 2 aliphatic rings. The van der Waals surface area contributed by atoms with E-state index in [1.165, 1.54) is 24.4 Å². The smallest absolute Gasteiger partial charge is 0.393 e. The number of nitrogen functional groups attached to an aromatic ring is 1. The van der Waals surface area contributed by atoms with Crippen LogP contribution in [0.15, 0.2) is 85.1 Å². The predicted octanol–water partition coefficient (Wildman–Crippen LogP) is 7.21. The zero-order valence-corrected chi connectivity index (χ0v) is 26.9. The van der Waals surface area contributed by atoms with Crippen LogP contribution < -0.4 is 15.8 Å². The second kappa shape index (κ2) is 15.6. The van der Waals surface area contributed by atoms with E-state index < -0.39 is 18.4 Å². The highest BCUT2D eigenvalue weighted by Crippen LogP contribution is 2.41. The normalized spacial score (nSPS) is 16.9. The first kappa shape index (κ1) is 34.8. The molecule has 0 atom stereocenters. The van der Waals surface area contributed by atoms with Gasteiger partial charge in [-0.05, 0) is 65.8 Å². The number of ether oxygens (including phenoxy) is 2. The molecule has 0 bridgehead atoms. The van der Waals surface area contributed by atoms with Crippen LogP contribution >= 0.6 is 0 Å². The number of benzene rings is 2. The third kappa shape index (κ3) is 9.32. The third-order valence-corrected chi connectivity index (χ3v) is 8.34. The highest BCUT2D eigenvalue weighted by atomic mass is 19.4. The van der Waals surface area contributed by atoms with Gasteiger partial charge in [-0.25, -0.2) is 9.37 Å². The molecule has 1 amide bonds. The lowest BCUT2D eigenvalue weighted by Crippen LogP contribution is -2.40. The third-order valence-electron chi connectivity index (χ3n) is 8.34. The van der Waals surface area contributed by atoms with Gasteiger partial charge in [-0.3, -0.25) is 4.79 Å². The van der Waals surface area contributed by atoms with E-state index in [1.54, 1.807) is 72.5 Å². The van der Waals surface area contributed by atoms with E-state index >= 15 is 4.39 Å². The summed E-state index contributed by atoms with van der Waals surface area (Å²) in [7, 11) is 0. The molecule has 11 heteroatoms. The van der Waals surface area contributed by atoms with Gasteiger partial charge in [-0.1, -0.05) is 49.4 Å². The fourth-order valence-corrected chi connectivity index (χ4v) is 5.57. The Morgan fingerprint density at radius 3 is 2.44 bits per heavy atom. The Labute approximate surface area is 278 Å². The van der Waals surface area contributed by atoms with Crippen molar-refractivity contribution in [1.29, 1.82) is 0 Å². The van der Waals surface area contributed by atoms with Crippen LogP contribution in [0.2, 0.25) is 0 Å². The monoisotopic (exact) mass is 664 g/mol. The standard InChI is InChI=1S/C37H40F4N4O3/c1-2-7-31(38)29-22-27(11-13-32(29)42)35(30(23-37(39,40)41)26-8-4-3-5-9-26)28-12-14-33(43-24-28)48-25-36(15-16-36)44-17-6-10-34(46)45-18-20-47-21-19-45/h3-14,22,24,44H,2,15-21,23,25,42H2,1H3/b10-6+,31-7-,35-30-. The first-order valence-corrected chi connectivity index (χ1v) is 16.1. The predicted molar refractivity (Wildman–Crippen MR) is 179 cm³/mol. The van der Waals surface area contributed by atoms with Gasteiger partial charge in [0.15, 0.2) is 0 Å². The number of hydrogen-bond donors (Lipinski definition) is 2. The van der Waals surface area contributed by atoms with E-state index in [1.807, 2.05) is 0 Å². The molecule has 1 aromatic heterocycles. The Bertz CT molecular complexity index is 1640. The summed E-state index contributed by atoms with van der Waals surface area (Å²) in [5, 5.41) is 3.44. The Morgan fingerprint density at radius 1 is 1.06 bits per heavy atom. The molecule has 2 fully saturated rings. The Morgan fingerprint density at radius 2 is 1.79 bits per heavy atom. The first-order chi connectivity index (χ1) is 23.1. The van der Waals surface area contributed by atoms with E-state index in [0.717, 1.165) is 12.8 Å². The van der Waals surface area contributed by atoms with Crippen LogP contribution in [0.3, 0.4) is 0 Å². The molecule has 5 rings (SSSR count). The lowest BCUT2D eigenvalue weighted by molar-refractivity contribution is -0.130. The molecular formula is C37H40F4N4O3. The van der Waals surface area contributed by atoms with Crippen molar-refractivity contribution in [3.63, 3.8) is 0 Å². The van der Waals surface area contributed by atoms with Crippen molar-refractivity contribution in [2.75, 3.05) is 45.2 Å². The number of carbonyl (C=O) groups is 1. The van der Waals surface area contributed by atoms with Crippen molar-refractivity contribution < 1.29 is 31.8 Å². The van der Waals surface area contributed by atoms with Crippen LogP contribution in [0.5, 0.6) is 5.88 Å². The molecule has 1 aliphatic carbocycles. The van der Waals surface area contributed by atoms with E-state index in [9.17, 15) is 18.0 Å². The maximum atomic E-state index is 15.0. The van der Waals surface area contributed by atoms with Crippen LogP contribution in [0.1, 0.15) is 54.9 Å². The number of hydrogen-bond acceptors (Lipinski definition) is 6. The number of allylic oxidation sites excluding steroid dienone is 2. The van der Waals surface area contributed by atoms with Crippen LogP contribution in [-0.2, 0) is 9.53 Å². The van der Waals surface area contributed by atoms with Gasteiger partial charge in [0.05, 0.1) is 25.2 Å². The number of morpholine rings is 1. The van der Waals surface area contributed by atoms with Crippen LogP contribution in [-0.4, -0.2) is 67.0 Å². The molecule has 0 spiro atoms. The van der Waals surface area contributed by atoms with Crippen molar-refractivity contribution in [1.82, 2.24) is 15.2 Å². The second-order valence-corrected chi connectivity index (χ2v) is 11.9. The van der Waals surface area contributed by atoms with Gasteiger partial charge in [0, 0.05) is 54.8 Å². The molecular weight excluding hydrogens is 624 g/mol. The summed E-state index contributed by atoms with van der Waals surface area (Å²) in [6, 6.07) is 16.2. The molecule has 0 unspecified atom stereocenters. The summed E-state index contributed by atoms with van der Waals surface area (Å²) in [5.41, 5.74) is 7.59. The Kier molecular flexibility index (Phi) is 11.3. The lowest BCUT2D eigenvalue weighted by Gasteiger charge is -2.25. The Balaban J connectivity index is 1.37. The average molecular weight is 665 g/mol. The number of alkyl halides is 3. The number of halogens is 4. The maximum absolute atomic E-state index is 15.0. The zero-order valence-electron chi connectivity index (χ0n) is 26.9. The number of nitrogens with one attached hydrogen (secondary N) is 1. The van der Waals surface area contributed by atoms with Crippen LogP contribution in [0.4, 0.5) is 23.2 Å². The highest BCUT2D eigenvalue weighted by Gasteiger charge is 2.43. The highest BCUT2D eigenvalue weighted by molar-refractivity contribution is 5.99. The summed E-state index contributed by atoms with van der Waals surface area (Å²) >= 11 is 0. The van der Waals surface area contributed by atoms with E-state index in [4.69, 9.17) is 15.2 Å².